The van der Waals surface area contributed by atoms with Gasteiger partial charge in [-0.15, -0.1) is 0 Å². The van der Waals surface area contributed by atoms with Crippen molar-refractivity contribution >= 4 is 6.08 Å². The van der Waals surface area contributed by atoms with Crippen LogP contribution in [0.5, 0.6) is 0 Å². The number of hydrogen-bond donors (Lipinski definition) is 1. The second kappa shape index (κ2) is 5.43. The molecule has 0 amide bonds. The molecule has 1 heterocycles. The summed E-state index contributed by atoms with van der Waals surface area (Å²) in [5, 5.41) is 3.17. The van der Waals surface area contributed by atoms with Crippen LogP contribution in [0.2, 0.25) is 0 Å². The monoisotopic (exact) mass is 177 g/mol. The lowest BCUT2D eigenvalue weighted by atomic mass is 10.2. The number of nitrogens with zero attached hydrogens (tertiary/aromatic N) is 2. The molecule has 0 aliphatic heterocycles. The highest BCUT2D eigenvalue weighted by Gasteiger charge is 1.92. The van der Waals surface area contributed by atoms with Gasteiger partial charge in [-0.25, -0.2) is 9.97 Å². The first kappa shape index (κ1) is 9.86. The van der Waals surface area contributed by atoms with Gasteiger partial charge in [0.1, 0.15) is 6.33 Å². The summed E-state index contributed by atoms with van der Waals surface area (Å²) in [6, 6.07) is 0.515. The molecule has 0 spiro atoms. The molecule has 1 unspecified atom stereocenters. The molecule has 0 saturated heterocycles. The van der Waals surface area contributed by atoms with E-state index in [1.54, 1.807) is 12.4 Å². The van der Waals surface area contributed by atoms with E-state index in [0.29, 0.717) is 6.04 Å². The molecule has 0 aromatic carbocycles. The van der Waals surface area contributed by atoms with Gasteiger partial charge in [0.25, 0.3) is 0 Å². The summed E-state index contributed by atoms with van der Waals surface area (Å²) in [5.41, 5.74) is 1.05. The highest BCUT2D eigenvalue weighted by atomic mass is 14.8. The molecule has 13 heavy (non-hydrogen) atoms. The molecule has 3 heteroatoms. The number of hydrogen-bond acceptors (Lipinski definition) is 3. The van der Waals surface area contributed by atoms with E-state index in [4.69, 9.17) is 0 Å². The van der Waals surface area contributed by atoms with Crippen LogP contribution in [0.3, 0.4) is 0 Å². The molecule has 0 aliphatic rings. The first-order chi connectivity index (χ1) is 6.33. The minimum absolute atomic E-state index is 0.515. The zero-order chi connectivity index (χ0) is 9.52. The average Bonchev–Trinajstić information content (AvgIpc) is 2.19. The zero-order valence-electron chi connectivity index (χ0n) is 8.07. The minimum Gasteiger partial charge on any atom is -0.317 e. The average molecular weight is 177 g/mol. The van der Waals surface area contributed by atoms with Crippen LogP contribution >= 0.6 is 0 Å². The molecule has 70 valence electrons. The van der Waals surface area contributed by atoms with Crippen LogP contribution in [0.4, 0.5) is 0 Å². The third-order valence-electron chi connectivity index (χ3n) is 1.87. The number of rotatable bonds is 4. The lowest BCUT2D eigenvalue weighted by molar-refractivity contribution is 0.621. The molecule has 1 aromatic heterocycles. The summed E-state index contributed by atoms with van der Waals surface area (Å²) >= 11 is 0. The Kier molecular flexibility index (Phi) is 4.12. The molecule has 0 aliphatic carbocycles. The van der Waals surface area contributed by atoms with E-state index in [0.717, 1.165) is 12.0 Å². The standard InChI is InChI=1S/C10H15N3/c1-9(11-2)4-3-5-10-6-12-8-13-7-10/h3,5-9,11H,4H2,1-2H3/b5-3+. The fourth-order valence-corrected chi connectivity index (χ4v) is 0.923. The normalized spacial score (nSPS) is 13.4. The highest BCUT2D eigenvalue weighted by molar-refractivity contribution is 5.45. The maximum atomic E-state index is 3.92. The lowest BCUT2D eigenvalue weighted by Gasteiger charge is -2.04. The second-order valence-electron chi connectivity index (χ2n) is 3.00. The van der Waals surface area contributed by atoms with Crippen molar-refractivity contribution in [3.05, 3.63) is 30.4 Å². The zero-order valence-corrected chi connectivity index (χ0v) is 8.07. The Balaban J connectivity index is 2.41. The van der Waals surface area contributed by atoms with E-state index in [1.807, 2.05) is 13.1 Å². The SMILES string of the molecule is CNC(C)C/C=C/c1cncnc1. The van der Waals surface area contributed by atoms with Gasteiger partial charge in [0.2, 0.25) is 0 Å². The van der Waals surface area contributed by atoms with Crippen LogP contribution in [-0.4, -0.2) is 23.1 Å². The number of aromatic nitrogens is 2. The summed E-state index contributed by atoms with van der Waals surface area (Å²) in [5.74, 6) is 0. The summed E-state index contributed by atoms with van der Waals surface area (Å²) in [6.45, 7) is 2.14. The fourth-order valence-electron chi connectivity index (χ4n) is 0.923. The Morgan fingerprint density at radius 3 is 2.77 bits per heavy atom. The molecule has 3 nitrogen and oxygen atoms in total. The van der Waals surface area contributed by atoms with Gasteiger partial charge in [-0.1, -0.05) is 12.2 Å². The van der Waals surface area contributed by atoms with Crippen molar-refractivity contribution in [1.29, 1.82) is 0 Å². The molecule has 0 fully saturated rings. The topological polar surface area (TPSA) is 37.8 Å². The van der Waals surface area contributed by atoms with Gasteiger partial charge >= 0.3 is 0 Å². The predicted octanol–water partition coefficient (Wildman–Crippen LogP) is 1.49. The van der Waals surface area contributed by atoms with Crippen LogP contribution < -0.4 is 5.32 Å². The Morgan fingerprint density at radius 1 is 1.46 bits per heavy atom. The van der Waals surface area contributed by atoms with E-state index in [-0.39, 0.29) is 0 Å². The molecule has 0 radical (unpaired) electrons. The van der Waals surface area contributed by atoms with Crippen LogP contribution in [-0.2, 0) is 0 Å². The van der Waals surface area contributed by atoms with Gasteiger partial charge in [-0.05, 0) is 20.4 Å². The summed E-state index contributed by atoms with van der Waals surface area (Å²) < 4.78 is 0. The Morgan fingerprint density at radius 2 is 2.15 bits per heavy atom. The molecule has 1 atom stereocenters. The number of nitrogens with one attached hydrogen (secondary N) is 1. The van der Waals surface area contributed by atoms with Gasteiger partial charge in [0, 0.05) is 24.0 Å². The van der Waals surface area contributed by atoms with Crippen molar-refractivity contribution in [2.24, 2.45) is 0 Å². The van der Waals surface area contributed by atoms with Crippen LogP contribution in [0, 0.1) is 0 Å². The fraction of sp³-hybridized carbons (Fsp3) is 0.400. The van der Waals surface area contributed by atoms with Crippen molar-refractivity contribution in [3.8, 4) is 0 Å². The second-order valence-corrected chi connectivity index (χ2v) is 3.00. The van der Waals surface area contributed by atoms with Crippen LogP contribution in [0.25, 0.3) is 6.08 Å². The van der Waals surface area contributed by atoms with Crippen molar-refractivity contribution in [2.45, 2.75) is 19.4 Å². The van der Waals surface area contributed by atoms with E-state index in [9.17, 15) is 0 Å². The first-order valence-electron chi connectivity index (χ1n) is 4.41. The molecule has 1 aromatic rings. The van der Waals surface area contributed by atoms with Crippen molar-refractivity contribution in [3.63, 3.8) is 0 Å². The van der Waals surface area contributed by atoms with E-state index >= 15 is 0 Å². The quantitative estimate of drug-likeness (QED) is 0.757. The third kappa shape index (κ3) is 3.80. The lowest BCUT2D eigenvalue weighted by Crippen LogP contribution is -2.19. The first-order valence-corrected chi connectivity index (χ1v) is 4.41. The molecular weight excluding hydrogens is 162 g/mol. The Labute approximate surface area is 78.9 Å². The smallest absolute Gasteiger partial charge is 0.115 e. The van der Waals surface area contributed by atoms with Crippen molar-refractivity contribution < 1.29 is 0 Å². The summed E-state index contributed by atoms with van der Waals surface area (Å²) in [6.07, 6.45) is 10.3. The van der Waals surface area contributed by atoms with Gasteiger partial charge in [-0.3, -0.25) is 0 Å². The summed E-state index contributed by atoms with van der Waals surface area (Å²) in [7, 11) is 1.96. The minimum atomic E-state index is 0.515. The van der Waals surface area contributed by atoms with Gasteiger partial charge in [-0.2, -0.15) is 0 Å². The van der Waals surface area contributed by atoms with Crippen LogP contribution in [0.1, 0.15) is 18.9 Å². The predicted molar refractivity (Wildman–Crippen MR) is 54.2 cm³/mol. The summed E-state index contributed by atoms with van der Waals surface area (Å²) in [4.78, 5) is 7.85. The van der Waals surface area contributed by atoms with E-state index < -0.39 is 0 Å². The Hall–Kier alpha value is -1.22. The van der Waals surface area contributed by atoms with E-state index in [1.165, 1.54) is 6.33 Å². The highest BCUT2D eigenvalue weighted by Crippen LogP contribution is 1.99. The van der Waals surface area contributed by atoms with Crippen molar-refractivity contribution in [1.82, 2.24) is 15.3 Å². The Bertz CT molecular complexity index is 256. The largest absolute Gasteiger partial charge is 0.317 e. The molecule has 0 saturated carbocycles. The third-order valence-corrected chi connectivity index (χ3v) is 1.87. The molecule has 0 bridgehead atoms. The van der Waals surface area contributed by atoms with E-state index in [2.05, 4.69) is 28.3 Å². The maximum Gasteiger partial charge on any atom is 0.115 e. The maximum absolute atomic E-state index is 3.92. The van der Waals surface area contributed by atoms with Gasteiger partial charge in [0.05, 0.1) is 0 Å². The molecule has 1 rings (SSSR count). The van der Waals surface area contributed by atoms with Gasteiger partial charge < -0.3 is 5.32 Å². The van der Waals surface area contributed by atoms with Crippen molar-refractivity contribution in [2.75, 3.05) is 7.05 Å². The molecular formula is C10H15N3. The van der Waals surface area contributed by atoms with Gasteiger partial charge in [0.15, 0.2) is 0 Å². The van der Waals surface area contributed by atoms with Crippen LogP contribution in [0.15, 0.2) is 24.8 Å². The molecule has 1 N–H and O–H groups in total.